The van der Waals surface area contributed by atoms with E-state index in [2.05, 4.69) is 15.3 Å². The number of amides is 2. The van der Waals surface area contributed by atoms with Crippen LogP contribution >= 0.6 is 0 Å². The van der Waals surface area contributed by atoms with Crippen LogP contribution in [0.25, 0.3) is 0 Å². The Morgan fingerprint density at radius 1 is 1.27 bits per heavy atom. The first-order valence-corrected chi connectivity index (χ1v) is 9.73. The van der Waals surface area contributed by atoms with E-state index in [0.717, 1.165) is 0 Å². The van der Waals surface area contributed by atoms with Gasteiger partial charge in [0.25, 0.3) is 11.8 Å². The van der Waals surface area contributed by atoms with E-state index in [4.69, 9.17) is 0 Å². The fraction of sp³-hybridized carbons (Fsp3) is 0.429. The summed E-state index contributed by atoms with van der Waals surface area (Å²) in [4.78, 5) is 35.0. The molecule has 2 aromatic rings. The van der Waals surface area contributed by atoms with Crippen LogP contribution in [0.15, 0.2) is 36.5 Å². The predicted octanol–water partition coefficient (Wildman–Crippen LogP) is 3.27. The molecule has 2 atom stereocenters. The lowest BCUT2D eigenvalue weighted by Gasteiger charge is -2.41. The summed E-state index contributed by atoms with van der Waals surface area (Å²) in [7, 11) is 0. The highest BCUT2D eigenvalue weighted by molar-refractivity contribution is 6.00. The average molecular weight is 418 g/mol. The van der Waals surface area contributed by atoms with Crippen LogP contribution < -0.4 is 10.2 Å². The maximum Gasteiger partial charge on any atom is 0.270 e. The number of halogens is 3. The van der Waals surface area contributed by atoms with Gasteiger partial charge >= 0.3 is 0 Å². The van der Waals surface area contributed by atoms with E-state index in [-0.39, 0.29) is 25.1 Å². The van der Waals surface area contributed by atoms with Gasteiger partial charge in [-0.15, -0.1) is 0 Å². The molecule has 2 aliphatic rings. The van der Waals surface area contributed by atoms with Gasteiger partial charge in [-0.05, 0) is 44.0 Å². The molecule has 1 aromatic heterocycles. The molecule has 1 spiro atoms. The van der Waals surface area contributed by atoms with Crippen molar-refractivity contribution in [2.45, 2.75) is 44.6 Å². The van der Waals surface area contributed by atoms with Crippen molar-refractivity contribution in [1.82, 2.24) is 15.3 Å². The summed E-state index contributed by atoms with van der Waals surface area (Å²) in [5.41, 5.74) is -0.861. The first kappa shape index (κ1) is 20.3. The van der Waals surface area contributed by atoms with E-state index in [1.54, 1.807) is 13.0 Å². The SMILES string of the molecule is Cc1nccc(C(=O)N[C@H]2CC(F)(F)C[C@]3(CCN(c4cccc(F)c4)C3=O)C2)n1. The minimum atomic E-state index is -3.11. The molecule has 1 aliphatic heterocycles. The molecule has 158 valence electrons. The van der Waals surface area contributed by atoms with Crippen LogP contribution in [0.4, 0.5) is 18.9 Å². The number of nitrogens with zero attached hydrogens (tertiary/aromatic N) is 3. The van der Waals surface area contributed by atoms with Crippen LogP contribution in [-0.2, 0) is 4.79 Å². The summed E-state index contributed by atoms with van der Waals surface area (Å²) in [6.07, 6.45) is 0.618. The van der Waals surface area contributed by atoms with Crippen LogP contribution in [0.2, 0.25) is 0 Å². The van der Waals surface area contributed by atoms with Gasteiger partial charge in [0.05, 0.1) is 5.41 Å². The second-order valence-corrected chi connectivity index (χ2v) is 8.07. The summed E-state index contributed by atoms with van der Waals surface area (Å²) >= 11 is 0. The Bertz CT molecular complexity index is 1000. The van der Waals surface area contributed by atoms with Crippen molar-refractivity contribution in [3.63, 3.8) is 0 Å². The van der Waals surface area contributed by atoms with Crippen LogP contribution in [0.3, 0.4) is 0 Å². The number of alkyl halides is 2. The van der Waals surface area contributed by atoms with E-state index in [0.29, 0.717) is 11.5 Å². The lowest BCUT2D eigenvalue weighted by Crippen LogP contribution is -2.52. The molecule has 2 amide bonds. The molecular weight excluding hydrogens is 397 g/mol. The van der Waals surface area contributed by atoms with Gasteiger partial charge in [0.1, 0.15) is 17.3 Å². The van der Waals surface area contributed by atoms with E-state index < -0.39 is 47.9 Å². The molecule has 30 heavy (non-hydrogen) atoms. The average Bonchev–Trinajstić information content (AvgIpc) is 2.95. The molecule has 2 fully saturated rings. The Kier molecular flexibility index (Phi) is 4.99. The summed E-state index contributed by atoms with van der Waals surface area (Å²) in [6, 6.07) is 6.06. The Morgan fingerprint density at radius 3 is 2.80 bits per heavy atom. The van der Waals surface area contributed by atoms with Gasteiger partial charge in [-0.2, -0.15) is 0 Å². The maximum atomic E-state index is 14.6. The highest BCUT2D eigenvalue weighted by Gasteiger charge is 2.57. The monoisotopic (exact) mass is 418 g/mol. The standard InChI is InChI=1S/C21H21F3N4O2/c1-13-25-7-5-17(26-13)18(29)27-15-10-20(12-21(23,24)11-15)6-8-28(19(20)30)16-4-2-3-14(22)9-16/h2-5,7,9,15H,6,8,10-12H2,1H3,(H,27,29)/t15-,20+/m1/s1. The quantitative estimate of drug-likeness (QED) is 0.830. The van der Waals surface area contributed by atoms with Crippen LogP contribution in [0.1, 0.15) is 42.0 Å². The molecule has 1 aromatic carbocycles. The predicted molar refractivity (Wildman–Crippen MR) is 103 cm³/mol. The Labute approximate surface area is 171 Å². The Balaban J connectivity index is 1.55. The molecule has 1 aliphatic carbocycles. The van der Waals surface area contributed by atoms with Gasteiger partial charge in [-0.25, -0.2) is 23.1 Å². The van der Waals surface area contributed by atoms with Gasteiger partial charge in [0, 0.05) is 37.3 Å². The Morgan fingerprint density at radius 2 is 2.07 bits per heavy atom. The van der Waals surface area contributed by atoms with Gasteiger partial charge in [0.2, 0.25) is 5.91 Å². The summed E-state index contributed by atoms with van der Waals surface area (Å²) < 4.78 is 42.8. The molecule has 0 unspecified atom stereocenters. The minimum Gasteiger partial charge on any atom is -0.348 e. The number of rotatable bonds is 3. The number of aryl methyl sites for hydroxylation is 1. The number of carbonyl (C=O) groups excluding carboxylic acids is 2. The second-order valence-electron chi connectivity index (χ2n) is 8.07. The topological polar surface area (TPSA) is 75.2 Å². The number of benzene rings is 1. The van der Waals surface area contributed by atoms with Crippen LogP contribution in [0.5, 0.6) is 0 Å². The van der Waals surface area contributed by atoms with E-state index in [1.807, 2.05) is 0 Å². The zero-order valence-electron chi connectivity index (χ0n) is 16.4. The molecule has 0 radical (unpaired) electrons. The zero-order chi connectivity index (χ0) is 21.5. The molecule has 2 heterocycles. The van der Waals surface area contributed by atoms with E-state index >= 15 is 0 Å². The molecular formula is C21H21F3N4O2. The van der Waals surface area contributed by atoms with E-state index in [9.17, 15) is 22.8 Å². The third kappa shape index (κ3) is 3.88. The number of anilines is 1. The first-order valence-electron chi connectivity index (χ1n) is 9.73. The molecule has 1 N–H and O–H groups in total. The number of hydrogen-bond acceptors (Lipinski definition) is 4. The van der Waals surface area contributed by atoms with Crippen molar-refractivity contribution in [3.05, 3.63) is 53.9 Å². The smallest absolute Gasteiger partial charge is 0.270 e. The number of carbonyl (C=O) groups is 2. The van der Waals surface area contributed by atoms with Crippen molar-refractivity contribution in [3.8, 4) is 0 Å². The number of aromatic nitrogens is 2. The van der Waals surface area contributed by atoms with E-state index in [1.165, 1.54) is 35.4 Å². The van der Waals surface area contributed by atoms with Crippen LogP contribution in [0, 0.1) is 18.2 Å². The first-order chi connectivity index (χ1) is 14.2. The van der Waals surface area contributed by atoms with Gasteiger partial charge in [0.15, 0.2) is 0 Å². The van der Waals surface area contributed by atoms with Gasteiger partial charge in [-0.1, -0.05) is 6.07 Å². The molecule has 1 saturated carbocycles. The van der Waals surface area contributed by atoms with Gasteiger partial charge < -0.3 is 10.2 Å². The highest BCUT2D eigenvalue weighted by Crippen LogP contribution is 2.51. The zero-order valence-corrected chi connectivity index (χ0v) is 16.4. The summed E-state index contributed by atoms with van der Waals surface area (Å²) in [5, 5.41) is 2.61. The Hall–Kier alpha value is -2.97. The normalized spacial score (nSPS) is 25.5. The van der Waals surface area contributed by atoms with Crippen molar-refractivity contribution in [1.29, 1.82) is 0 Å². The lowest BCUT2D eigenvalue weighted by atomic mass is 9.69. The summed E-state index contributed by atoms with van der Waals surface area (Å²) in [5.74, 6) is -4.24. The van der Waals surface area contributed by atoms with Gasteiger partial charge in [-0.3, -0.25) is 9.59 Å². The number of nitrogens with one attached hydrogen (secondary N) is 1. The van der Waals surface area contributed by atoms with Crippen molar-refractivity contribution < 1.29 is 22.8 Å². The van der Waals surface area contributed by atoms with Crippen molar-refractivity contribution in [2.75, 3.05) is 11.4 Å². The minimum absolute atomic E-state index is 0.0876. The van der Waals surface area contributed by atoms with Crippen molar-refractivity contribution >= 4 is 17.5 Å². The van der Waals surface area contributed by atoms with Crippen LogP contribution in [-0.4, -0.2) is 40.3 Å². The largest absolute Gasteiger partial charge is 0.348 e. The third-order valence-electron chi connectivity index (χ3n) is 5.76. The summed E-state index contributed by atoms with van der Waals surface area (Å²) in [6.45, 7) is 1.85. The molecule has 1 saturated heterocycles. The fourth-order valence-corrected chi connectivity index (χ4v) is 4.55. The van der Waals surface area contributed by atoms with Crippen molar-refractivity contribution in [2.24, 2.45) is 5.41 Å². The highest BCUT2D eigenvalue weighted by atomic mass is 19.3. The maximum absolute atomic E-state index is 14.6. The second kappa shape index (κ2) is 7.37. The fourth-order valence-electron chi connectivity index (χ4n) is 4.55. The molecule has 4 rings (SSSR count). The third-order valence-corrected chi connectivity index (χ3v) is 5.76. The molecule has 9 heteroatoms. The lowest BCUT2D eigenvalue weighted by molar-refractivity contribution is -0.140. The molecule has 0 bridgehead atoms. The number of hydrogen-bond donors (Lipinski definition) is 1. The molecule has 6 nitrogen and oxygen atoms in total.